The van der Waals surface area contributed by atoms with Gasteiger partial charge in [-0.05, 0) is 0 Å². The molecule has 10 heavy (non-hydrogen) atoms. The molecule has 0 heterocycles. The third-order valence-corrected chi connectivity index (χ3v) is 1.42. The van der Waals surface area contributed by atoms with Crippen LogP contribution < -0.4 is 5.73 Å². The van der Waals surface area contributed by atoms with E-state index in [9.17, 15) is 0 Å². The van der Waals surface area contributed by atoms with Crippen molar-refractivity contribution in [3.63, 3.8) is 0 Å². The van der Waals surface area contributed by atoms with Crippen molar-refractivity contribution in [2.24, 2.45) is 10.7 Å². The summed E-state index contributed by atoms with van der Waals surface area (Å²) in [7, 11) is 0. The Kier molecular flexibility index (Phi) is 5.69. The number of terminal acetylenes is 1. The van der Waals surface area contributed by atoms with E-state index in [0.717, 1.165) is 0 Å². The lowest BCUT2D eigenvalue weighted by molar-refractivity contribution is 1.25. The molecule has 0 aromatic rings. The molecule has 2 nitrogen and oxygen atoms in total. The van der Waals surface area contributed by atoms with E-state index in [1.54, 1.807) is 6.08 Å². The van der Waals surface area contributed by atoms with E-state index >= 15 is 0 Å². The zero-order valence-electron chi connectivity index (χ0n) is 5.71. The first kappa shape index (κ1) is 9.12. The van der Waals surface area contributed by atoms with Crippen LogP contribution in [0.1, 0.15) is 0 Å². The van der Waals surface area contributed by atoms with Gasteiger partial charge in [0.25, 0.3) is 0 Å². The highest BCUT2D eigenvalue weighted by Crippen LogP contribution is 1.96. The van der Waals surface area contributed by atoms with Crippen LogP contribution in [0.25, 0.3) is 0 Å². The highest BCUT2D eigenvalue weighted by Gasteiger charge is 1.87. The van der Waals surface area contributed by atoms with Crippen LogP contribution in [0.5, 0.6) is 0 Å². The van der Waals surface area contributed by atoms with Crippen molar-refractivity contribution in [3.05, 3.63) is 12.7 Å². The summed E-state index contributed by atoms with van der Waals surface area (Å²) < 4.78 is 0. The summed E-state index contributed by atoms with van der Waals surface area (Å²) in [6.07, 6.45) is 6.69. The highest BCUT2D eigenvalue weighted by molar-refractivity contribution is 8.13. The number of thioether (sulfide) groups is 1. The second-order valence-corrected chi connectivity index (χ2v) is 2.46. The Labute approximate surface area is 65.6 Å². The van der Waals surface area contributed by atoms with Crippen molar-refractivity contribution in [1.82, 2.24) is 0 Å². The van der Waals surface area contributed by atoms with Crippen LogP contribution in [0.15, 0.2) is 17.6 Å². The Bertz CT molecular complexity index is 167. The number of hydrogen-bond acceptors (Lipinski definition) is 2. The molecule has 0 aromatic carbocycles. The summed E-state index contributed by atoms with van der Waals surface area (Å²) >= 11 is 1.36. The second-order valence-electron chi connectivity index (χ2n) is 1.46. The molecule has 0 aliphatic rings. The fourth-order valence-electron chi connectivity index (χ4n) is 0.316. The van der Waals surface area contributed by atoms with Gasteiger partial charge in [-0.1, -0.05) is 23.8 Å². The first-order chi connectivity index (χ1) is 4.81. The summed E-state index contributed by atoms with van der Waals surface area (Å²) in [5.74, 6) is 3.03. The molecule has 0 fully saturated rings. The Morgan fingerprint density at radius 3 is 3.10 bits per heavy atom. The smallest absolute Gasteiger partial charge is 0.155 e. The van der Waals surface area contributed by atoms with Crippen LogP contribution in [-0.4, -0.2) is 17.5 Å². The number of hydrogen-bond donors (Lipinski definition) is 1. The average Bonchev–Trinajstić information content (AvgIpc) is 1.97. The van der Waals surface area contributed by atoms with Crippen LogP contribution >= 0.6 is 11.8 Å². The number of nitrogens with zero attached hydrogens (tertiary/aromatic N) is 1. The summed E-state index contributed by atoms with van der Waals surface area (Å²) in [4.78, 5) is 3.92. The first-order valence-electron chi connectivity index (χ1n) is 2.78. The van der Waals surface area contributed by atoms with E-state index in [1.165, 1.54) is 11.8 Å². The Morgan fingerprint density at radius 1 is 1.90 bits per heavy atom. The van der Waals surface area contributed by atoms with Crippen molar-refractivity contribution in [2.45, 2.75) is 0 Å². The van der Waals surface area contributed by atoms with Gasteiger partial charge in [0.15, 0.2) is 5.17 Å². The van der Waals surface area contributed by atoms with E-state index in [4.69, 9.17) is 12.2 Å². The van der Waals surface area contributed by atoms with Gasteiger partial charge in [0.2, 0.25) is 0 Å². The largest absolute Gasteiger partial charge is 0.379 e. The summed E-state index contributed by atoms with van der Waals surface area (Å²) in [6, 6.07) is 0. The minimum atomic E-state index is 0.526. The van der Waals surface area contributed by atoms with Gasteiger partial charge < -0.3 is 5.73 Å². The van der Waals surface area contributed by atoms with Crippen LogP contribution in [0.3, 0.4) is 0 Å². The molecule has 0 aliphatic carbocycles. The van der Waals surface area contributed by atoms with Crippen LogP contribution in [0.4, 0.5) is 0 Å². The molecule has 0 atom stereocenters. The van der Waals surface area contributed by atoms with E-state index < -0.39 is 0 Å². The Morgan fingerprint density at radius 2 is 2.60 bits per heavy atom. The zero-order valence-corrected chi connectivity index (χ0v) is 6.53. The van der Waals surface area contributed by atoms with Crippen molar-refractivity contribution >= 4 is 16.9 Å². The molecule has 0 amide bonds. The average molecular weight is 154 g/mol. The van der Waals surface area contributed by atoms with Crippen molar-refractivity contribution in [1.29, 1.82) is 0 Å². The highest BCUT2D eigenvalue weighted by atomic mass is 32.2. The monoisotopic (exact) mass is 154 g/mol. The molecule has 3 heteroatoms. The van der Waals surface area contributed by atoms with Crippen LogP contribution in [-0.2, 0) is 0 Å². The molecule has 0 unspecified atom stereocenters. The predicted molar refractivity (Wildman–Crippen MR) is 48.0 cm³/mol. The third-order valence-electron chi connectivity index (χ3n) is 0.680. The van der Waals surface area contributed by atoms with Gasteiger partial charge in [0.05, 0.1) is 12.3 Å². The van der Waals surface area contributed by atoms with Gasteiger partial charge in [-0.25, -0.2) is 0 Å². The molecule has 0 spiro atoms. The van der Waals surface area contributed by atoms with Crippen molar-refractivity contribution in [2.75, 3.05) is 12.3 Å². The van der Waals surface area contributed by atoms with E-state index in [-0.39, 0.29) is 0 Å². The molecule has 0 aliphatic heterocycles. The maximum atomic E-state index is 5.42. The maximum Gasteiger partial charge on any atom is 0.155 e. The normalized spacial score (nSPS) is 10.5. The molecule has 0 rings (SSSR count). The maximum absolute atomic E-state index is 5.42. The van der Waals surface area contributed by atoms with Gasteiger partial charge in [0.1, 0.15) is 0 Å². The predicted octanol–water partition coefficient (Wildman–Crippen LogP) is 0.854. The molecule has 54 valence electrons. The molecule has 0 saturated heterocycles. The third kappa shape index (κ3) is 5.26. The molecule has 0 aromatic heterocycles. The number of aliphatic imine (C=N–C) groups is 1. The standard InChI is InChI=1S/C7H10N2S/c1-3-5-9-7(8)10-6-4-2/h2-3H,1,5-6H2,(H2,8,9). The van der Waals surface area contributed by atoms with Gasteiger partial charge >= 0.3 is 0 Å². The number of nitrogens with two attached hydrogens (primary N) is 1. The van der Waals surface area contributed by atoms with E-state index in [0.29, 0.717) is 17.5 Å². The lowest BCUT2D eigenvalue weighted by atomic mass is 10.7. The number of amidine groups is 1. The van der Waals surface area contributed by atoms with Gasteiger partial charge in [-0.2, -0.15) is 0 Å². The number of rotatable bonds is 3. The quantitative estimate of drug-likeness (QED) is 0.283. The van der Waals surface area contributed by atoms with E-state index in [2.05, 4.69) is 17.5 Å². The van der Waals surface area contributed by atoms with Crippen LogP contribution in [0, 0.1) is 12.3 Å². The lowest BCUT2D eigenvalue weighted by Crippen LogP contribution is -2.07. The van der Waals surface area contributed by atoms with Gasteiger partial charge in [-0.15, -0.1) is 13.0 Å². The molecular formula is C7H10N2S. The zero-order chi connectivity index (χ0) is 7.82. The van der Waals surface area contributed by atoms with Gasteiger partial charge in [0, 0.05) is 0 Å². The fraction of sp³-hybridized carbons (Fsp3) is 0.286. The Balaban J connectivity index is 3.51. The first-order valence-corrected chi connectivity index (χ1v) is 3.77. The second kappa shape index (κ2) is 6.24. The Hall–Kier alpha value is -0.880. The topological polar surface area (TPSA) is 38.4 Å². The van der Waals surface area contributed by atoms with Crippen molar-refractivity contribution < 1.29 is 0 Å². The molecule has 0 saturated carbocycles. The van der Waals surface area contributed by atoms with E-state index in [1.807, 2.05) is 0 Å². The lowest BCUT2D eigenvalue weighted by Gasteiger charge is -1.92. The SMILES string of the molecule is C#CCSC(N)=NCC=C. The molecule has 2 N–H and O–H groups in total. The summed E-state index contributed by atoms with van der Waals surface area (Å²) in [5.41, 5.74) is 5.42. The molecular weight excluding hydrogens is 144 g/mol. The molecule has 0 bridgehead atoms. The summed E-state index contributed by atoms with van der Waals surface area (Å²) in [5, 5.41) is 0.526. The van der Waals surface area contributed by atoms with Gasteiger partial charge in [-0.3, -0.25) is 4.99 Å². The fourth-order valence-corrected chi connectivity index (χ4v) is 0.713. The van der Waals surface area contributed by atoms with Crippen molar-refractivity contribution in [3.8, 4) is 12.3 Å². The summed E-state index contributed by atoms with van der Waals surface area (Å²) in [6.45, 7) is 4.06. The minimum Gasteiger partial charge on any atom is -0.379 e. The minimum absolute atomic E-state index is 0.526. The van der Waals surface area contributed by atoms with Crippen LogP contribution in [0.2, 0.25) is 0 Å². The molecule has 0 radical (unpaired) electrons.